The lowest BCUT2D eigenvalue weighted by molar-refractivity contribution is -0.130. The van der Waals surface area contributed by atoms with Crippen LogP contribution in [0, 0.1) is 0 Å². The third-order valence-corrected chi connectivity index (χ3v) is 4.43. The van der Waals surface area contributed by atoms with E-state index < -0.39 is 11.4 Å². The van der Waals surface area contributed by atoms with Gasteiger partial charge in [-0.15, -0.1) is 11.8 Å². The Labute approximate surface area is 134 Å². The number of nitrogens with one attached hydrogen (secondary N) is 1. The number of carbonyl (C=O) groups is 2. The second kappa shape index (κ2) is 6.71. The first-order valence-corrected chi connectivity index (χ1v) is 7.92. The molecule has 0 radical (unpaired) electrons. The molecule has 4 nitrogen and oxygen atoms in total. The second-order valence-corrected chi connectivity index (χ2v) is 8.19. The summed E-state index contributed by atoms with van der Waals surface area (Å²) in [5, 5.41) is 3.20. The van der Waals surface area contributed by atoms with Crippen molar-refractivity contribution in [2.24, 2.45) is 5.73 Å². The van der Waals surface area contributed by atoms with Gasteiger partial charge in [-0.1, -0.05) is 44.5 Å². The molecule has 0 spiro atoms. The zero-order valence-corrected chi connectivity index (χ0v) is 14.3. The number of thioether (sulfide) groups is 1. The van der Waals surface area contributed by atoms with Gasteiger partial charge in [-0.3, -0.25) is 9.59 Å². The normalized spacial score (nSPS) is 14.3. The fourth-order valence-corrected chi connectivity index (χ4v) is 2.50. The summed E-state index contributed by atoms with van der Waals surface area (Å²) in [5.74, 6) is -0.609. The molecule has 0 heterocycles. The molecular formula is C15H21ClN2O2S. The number of hydrogen-bond acceptors (Lipinski definition) is 3. The zero-order chi connectivity index (χ0) is 16.3. The van der Waals surface area contributed by atoms with Gasteiger partial charge in [0.25, 0.3) is 0 Å². The fourth-order valence-electron chi connectivity index (χ4n) is 1.67. The van der Waals surface area contributed by atoms with Crippen molar-refractivity contribution in [3.05, 3.63) is 34.9 Å². The van der Waals surface area contributed by atoms with Crippen LogP contribution in [0.3, 0.4) is 0 Å². The summed E-state index contributed by atoms with van der Waals surface area (Å²) in [5.41, 5.74) is 4.77. The minimum Gasteiger partial charge on any atom is -0.367 e. The molecule has 0 aliphatic heterocycles. The van der Waals surface area contributed by atoms with E-state index in [1.54, 1.807) is 31.2 Å². The van der Waals surface area contributed by atoms with E-state index in [-0.39, 0.29) is 16.4 Å². The van der Waals surface area contributed by atoms with Crippen LogP contribution < -0.4 is 11.1 Å². The quantitative estimate of drug-likeness (QED) is 0.872. The van der Waals surface area contributed by atoms with Crippen molar-refractivity contribution in [1.82, 2.24) is 5.32 Å². The standard InChI is InChI=1S/C15H21ClN2O2S/c1-14(2,3)21-9-12(19)18-15(4,13(17)20)10-6-5-7-11(16)8-10/h5-8H,9H2,1-4H3,(H2,17,20)(H,18,19)/t15-/m1/s1. The highest BCUT2D eigenvalue weighted by atomic mass is 35.5. The zero-order valence-electron chi connectivity index (χ0n) is 12.7. The highest BCUT2D eigenvalue weighted by molar-refractivity contribution is 8.01. The van der Waals surface area contributed by atoms with E-state index in [1.807, 2.05) is 20.8 Å². The first-order valence-electron chi connectivity index (χ1n) is 6.55. The van der Waals surface area contributed by atoms with E-state index in [0.717, 1.165) is 0 Å². The average Bonchev–Trinajstić information content (AvgIpc) is 2.35. The molecule has 21 heavy (non-hydrogen) atoms. The largest absolute Gasteiger partial charge is 0.367 e. The van der Waals surface area contributed by atoms with Gasteiger partial charge in [-0.25, -0.2) is 0 Å². The van der Waals surface area contributed by atoms with Crippen LogP contribution in [0.1, 0.15) is 33.3 Å². The molecule has 0 unspecified atom stereocenters. The van der Waals surface area contributed by atoms with E-state index in [9.17, 15) is 9.59 Å². The summed E-state index contributed by atoms with van der Waals surface area (Å²) in [7, 11) is 0. The topological polar surface area (TPSA) is 72.2 Å². The van der Waals surface area contributed by atoms with Crippen molar-refractivity contribution in [2.45, 2.75) is 38.0 Å². The number of halogens is 1. The Morgan fingerprint density at radius 2 is 1.90 bits per heavy atom. The van der Waals surface area contributed by atoms with Gasteiger partial charge in [-0.2, -0.15) is 0 Å². The lowest BCUT2D eigenvalue weighted by Crippen LogP contribution is -2.53. The molecule has 116 valence electrons. The van der Waals surface area contributed by atoms with Crippen LogP contribution >= 0.6 is 23.4 Å². The molecule has 1 atom stereocenters. The van der Waals surface area contributed by atoms with E-state index >= 15 is 0 Å². The van der Waals surface area contributed by atoms with E-state index in [0.29, 0.717) is 10.6 Å². The highest BCUT2D eigenvalue weighted by Crippen LogP contribution is 2.26. The van der Waals surface area contributed by atoms with Gasteiger partial charge in [0.1, 0.15) is 5.54 Å². The van der Waals surface area contributed by atoms with E-state index in [4.69, 9.17) is 17.3 Å². The molecule has 1 aromatic rings. The molecule has 0 aliphatic rings. The molecule has 0 aromatic heterocycles. The molecule has 0 fully saturated rings. The van der Waals surface area contributed by atoms with Gasteiger partial charge in [-0.05, 0) is 24.6 Å². The molecule has 0 saturated carbocycles. The number of carbonyl (C=O) groups excluding carboxylic acids is 2. The molecule has 1 rings (SSSR count). The van der Waals surface area contributed by atoms with Crippen molar-refractivity contribution in [3.63, 3.8) is 0 Å². The molecular weight excluding hydrogens is 308 g/mol. The van der Waals surface area contributed by atoms with Gasteiger partial charge in [0.2, 0.25) is 11.8 Å². The van der Waals surface area contributed by atoms with Gasteiger partial charge < -0.3 is 11.1 Å². The third-order valence-electron chi connectivity index (χ3n) is 2.92. The fraction of sp³-hybridized carbons (Fsp3) is 0.467. The third kappa shape index (κ3) is 5.25. The van der Waals surface area contributed by atoms with Crippen molar-refractivity contribution >= 4 is 35.2 Å². The Hall–Kier alpha value is -1.20. The van der Waals surface area contributed by atoms with Crippen LogP contribution in [0.4, 0.5) is 0 Å². The molecule has 6 heteroatoms. The summed E-state index contributed by atoms with van der Waals surface area (Å²) in [6.07, 6.45) is 0. The molecule has 0 aliphatic carbocycles. The molecule has 3 N–H and O–H groups in total. The minimum atomic E-state index is -1.28. The number of primary amides is 1. The predicted octanol–water partition coefficient (Wildman–Crippen LogP) is 2.69. The summed E-state index contributed by atoms with van der Waals surface area (Å²) >= 11 is 7.45. The smallest absolute Gasteiger partial charge is 0.247 e. The van der Waals surface area contributed by atoms with E-state index in [2.05, 4.69) is 5.32 Å². The van der Waals surface area contributed by atoms with Gasteiger partial charge in [0.05, 0.1) is 5.75 Å². The predicted molar refractivity (Wildman–Crippen MR) is 88.4 cm³/mol. The Balaban J connectivity index is 2.92. The van der Waals surface area contributed by atoms with E-state index in [1.165, 1.54) is 11.8 Å². The average molecular weight is 329 g/mol. The maximum absolute atomic E-state index is 12.1. The lowest BCUT2D eigenvalue weighted by Gasteiger charge is -2.28. The second-order valence-electron chi connectivity index (χ2n) is 5.95. The number of rotatable bonds is 5. The summed E-state index contributed by atoms with van der Waals surface area (Å²) < 4.78 is -0.0312. The lowest BCUT2D eigenvalue weighted by atomic mass is 9.91. The Morgan fingerprint density at radius 1 is 1.29 bits per heavy atom. The highest BCUT2D eigenvalue weighted by Gasteiger charge is 2.35. The summed E-state index contributed by atoms with van der Waals surface area (Å²) in [6, 6.07) is 6.76. The summed E-state index contributed by atoms with van der Waals surface area (Å²) in [4.78, 5) is 23.9. The van der Waals surface area contributed by atoms with Crippen LogP contribution in [0.5, 0.6) is 0 Å². The molecule has 0 saturated heterocycles. The van der Waals surface area contributed by atoms with Crippen LogP contribution in [0.15, 0.2) is 24.3 Å². The Morgan fingerprint density at radius 3 is 2.38 bits per heavy atom. The maximum atomic E-state index is 12.1. The summed E-state index contributed by atoms with van der Waals surface area (Å²) in [6.45, 7) is 7.65. The SMILES string of the molecule is CC(C)(C)SCC(=O)N[C@@](C)(C(N)=O)c1cccc(Cl)c1. The van der Waals surface area contributed by atoms with Gasteiger partial charge >= 0.3 is 0 Å². The first kappa shape index (κ1) is 17.9. The van der Waals surface area contributed by atoms with Crippen molar-refractivity contribution < 1.29 is 9.59 Å². The minimum absolute atomic E-state index is 0.0312. The van der Waals surface area contributed by atoms with Crippen molar-refractivity contribution in [1.29, 1.82) is 0 Å². The van der Waals surface area contributed by atoms with Crippen LogP contribution in [0.25, 0.3) is 0 Å². The van der Waals surface area contributed by atoms with Crippen molar-refractivity contribution in [2.75, 3.05) is 5.75 Å². The van der Waals surface area contributed by atoms with Crippen LogP contribution in [-0.4, -0.2) is 22.3 Å². The Kier molecular flexibility index (Phi) is 5.70. The maximum Gasteiger partial charge on any atom is 0.247 e. The molecule has 0 bridgehead atoms. The molecule has 1 aromatic carbocycles. The number of amides is 2. The van der Waals surface area contributed by atoms with Gasteiger partial charge in [0, 0.05) is 9.77 Å². The van der Waals surface area contributed by atoms with Crippen LogP contribution in [-0.2, 0) is 15.1 Å². The number of hydrogen-bond donors (Lipinski definition) is 2. The van der Waals surface area contributed by atoms with Crippen LogP contribution in [0.2, 0.25) is 5.02 Å². The van der Waals surface area contributed by atoms with Crippen molar-refractivity contribution in [3.8, 4) is 0 Å². The molecule has 2 amide bonds. The number of benzene rings is 1. The number of nitrogens with two attached hydrogens (primary N) is 1. The first-order chi connectivity index (χ1) is 9.54. The van der Waals surface area contributed by atoms with Gasteiger partial charge in [0.15, 0.2) is 0 Å². The monoisotopic (exact) mass is 328 g/mol. The Bertz CT molecular complexity index is 543.